The number of imide groups is 1. The number of phenols is 1. The number of phenolic OH excluding ortho intramolecular Hbond substituents is 1. The van der Waals surface area contributed by atoms with Crippen molar-refractivity contribution in [2.75, 3.05) is 0 Å². The fraction of sp³-hybridized carbons (Fsp3) is 0.486. The molecule has 2 aromatic rings. The Morgan fingerprint density at radius 1 is 1.07 bits per heavy atom. The molecule has 4 aliphatic rings. The molecule has 6 rings (SSSR count). The first-order valence-electron chi connectivity index (χ1n) is 16.0. The minimum Gasteiger partial charge on any atom is -0.507 e. The number of halogens is 1. The molecule has 3 fully saturated rings. The van der Waals surface area contributed by atoms with Crippen molar-refractivity contribution in [3.8, 4) is 5.75 Å². The van der Waals surface area contributed by atoms with Crippen LogP contribution in [0, 0.1) is 17.8 Å². The zero-order valence-corrected chi connectivity index (χ0v) is 26.5. The number of carbonyl (C=O) groups excluding carboxylic acids is 2. The largest absolute Gasteiger partial charge is 0.507 e. The molecule has 2 amide bonds. The number of carbonyl (C=O) groups is 2. The maximum absolute atomic E-state index is 14.0. The van der Waals surface area contributed by atoms with Gasteiger partial charge in [0.2, 0.25) is 11.8 Å². The van der Waals surface area contributed by atoms with E-state index in [1.807, 2.05) is 36.4 Å². The lowest BCUT2D eigenvalue weighted by atomic mass is 9.58. The zero-order valence-electron chi connectivity index (χ0n) is 24.9. The van der Waals surface area contributed by atoms with Gasteiger partial charge in [0, 0.05) is 16.1 Å². The van der Waals surface area contributed by atoms with Crippen LogP contribution >= 0.6 is 15.9 Å². The quantitative estimate of drug-likeness (QED) is 0.135. The van der Waals surface area contributed by atoms with Gasteiger partial charge in [-0.15, -0.1) is 0 Å². The highest BCUT2D eigenvalue weighted by Gasteiger charge is 2.58. The molecule has 0 spiro atoms. The maximum atomic E-state index is 14.0. The van der Waals surface area contributed by atoms with Gasteiger partial charge in [0.15, 0.2) is 0 Å². The number of amides is 2. The van der Waals surface area contributed by atoms with Gasteiger partial charge in [-0.25, -0.2) is 0 Å². The molecule has 2 heterocycles. The maximum Gasteiger partial charge on any atom is 0.455 e. The normalized spacial score (nSPS) is 26.6. The zero-order chi connectivity index (χ0) is 30.1. The van der Waals surface area contributed by atoms with Crippen molar-refractivity contribution in [2.45, 2.75) is 89.6 Å². The first kappa shape index (κ1) is 30.4. The van der Waals surface area contributed by atoms with Crippen LogP contribution in [0.25, 0.3) is 11.6 Å². The molecule has 0 radical (unpaired) electrons. The minimum atomic E-state index is -0.981. The average Bonchev–Trinajstić information content (AvgIpc) is 3.26. The van der Waals surface area contributed by atoms with Crippen LogP contribution < -0.4 is 0 Å². The number of aromatic hydroxyl groups is 1. The van der Waals surface area contributed by atoms with Crippen molar-refractivity contribution in [2.24, 2.45) is 17.8 Å². The summed E-state index contributed by atoms with van der Waals surface area (Å²) < 4.78 is 7.15. The van der Waals surface area contributed by atoms with Gasteiger partial charge in [0.05, 0.1) is 17.9 Å². The first-order valence-corrected chi connectivity index (χ1v) is 16.8. The fourth-order valence-electron chi connectivity index (χ4n) is 8.09. The topological polar surface area (TPSA) is 87.1 Å². The van der Waals surface area contributed by atoms with Crippen molar-refractivity contribution < 1.29 is 24.4 Å². The van der Waals surface area contributed by atoms with E-state index < -0.39 is 13.0 Å². The number of allylic oxidation sites excluding steroid dienone is 2. The third-order valence-corrected chi connectivity index (χ3v) is 10.5. The van der Waals surface area contributed by atoms with E-state index in [0.29, 0.717) is 25.6 Å². The highest BCUT2D eigenvalue weighted by atomic mass is 79.9. The summed E-state index contributed by atoms with van der Waals surface area (Å²) in [6.07, 6.45) is 10.8. The number of likely N-dealkylation sites (tertiary alicyclic amines) is 1. The van der Waals surface area contributed by atoms with E-state index in [-0.39, 0.29) is 41.5 Å². The van der Waals surface area contributed by atoms with Gasteiger partial charge in [-0.05, 0) is 91.7 Å². The van der Waals surface area contributed by atoms with E-state index in [2.05, 4.69) is 35.0 Å². The Balaban J connectivity index is 1.32. The third-order valence-electron chi connectivity index (χ3n) is 9.97. The molecular formula is C35H41BBrNO5. The van der Waals surface area contributed by atoms with E-state index in [0.717, 1.165) is 65.3 Å². The standard InChI is InChI=1S/C35H41BBrNO5/c1-2-9-24-20-28-33(35(41)38(34(28)40)27-12-7-4-8-13-27)29-21-36(42)43-31(32(24)29)17-14-23(22-10-5-3-6-11-22)18-25-19-26(37)15-16-30(25)39/h3,5-6,10-11,15-16,18-19,27-29,31,33,39,42H,2,4,7-9,12-14,17,20-21H2,1H3/b23-18-/t28-,29+,31-,33-/m1/s1. The molecule has 2 aromatic carbocycles. The highest BCUT2D eigenvalue weighted by Crippen LogP contribution is 2.52. The molecule has 2 saturated heterocycles. The fourth-order valence-corrected chi connectivity index (χ4v) is 8.47. The van der Waals surface area contributed by atoms with Crippen molar-refractivity contribution in [3.05, 3.63) is 75.3 Å². The summed E-state index contributed by atoms with van der Waals surface area (Å²) in [7, 11) is -0.981. The second kappa shape index (κ2) is 13.1. The number of nitrogens with zero attached hydrogens (tertiary/aromatic N) is 1. The Kier molecular flexibility index (Phi) is 9.27. The van der Waals surface area contributed by atoms with E-state index in [9.17, 15) is 19.7 Å². The number of benzene rings is 2. The lowest BCUT2D eigenvalue weighted by Crippen LogP contribution is -2.46. The van der Waals surface area contributed by atoms with Gasteiger partial charge >= 0.3 is 7.12 Å². The number of hydrogen-bond acceptors (Lipinski definition) is 5. The Morgan fingerprint density at radius 2 is 1.84 bits per heavy atom. The predicted octanol–water partition coefficient (Wildman–Crippen LogP) is 7.41. The number of rotatable bonds is 8. The Hall–Kier alpha value is -2.68. The molecule has 2 aliphatic heterocycles. The predicted molar refractivity (Wildman–Crippen MR) is 173 cm³/mol. The molecule has 2 N–H and O–H groups in total. The number of hydrogen-bond donors (Lipinski definition) is 2. The van der Waals surface area contributed by atoms with Crippen LogP contribution in [-0.4, -0.2) is 46.1 Å². The highest BCUT2D eigenvalue weighted by molar-refractivity contribution is 9.10. The summed E-state index contributed by atoms with van der Waals surface area (Å²) in [6, 6.07) is 15.5. The lowest BCUT2D eigenvalue weighted by molar-refractivity contribution is -0.143. The summed E-state index contributed by atoms with van der Waals surface area (Å²) in [6.45, 7) is 2.15. The average molecular weight is 646 g/mol. The summed E-state index contributed by atoms with van der Waals surface area (Å²) >= 11 is 3.52. The molecule has 226 valence electrons. The van der Waals surface area contributed by atoms with Crippen LogP contribution in [0.1, 0.15) is 82.3 Å². The van der Waals surface area contributed by atoms with Crippen molar-refractivity contribution in [3.63, 3.8) is 0 Å². The van der Waals surface area contributed by atoms with Gasteiger partial charge < -0.3 is 14.8 Å². The summed E-state index contributed by atoms with van der Waals surface area (Å²) in [5, 5.41) is 21.6. The van der Waals surface area contributed by atoms with Gasteiger partial charge in [-0.3, -0.25) is 14.5 Å². The monoisotopic (exact) mass is 645 g/mol. The van der Waals surface area contributed by atoms with Crippen LogP contribution in [0.2, 0.25) is 6.32 Å². The Bertz CT molecular complexity index is 1420. The molecule has 43 heavy (non-hydrogen) atoms. The van der Waals surface area contributed by atoms with Crippen molar-refractivity contribution >= 4 is 46.5 Å². The van der Waals surface area contributed by atoms with E-state index >= 15 is 0 Å². The second-order valence-corrected chi connectivity index (χ2v) is 13.6. The van der Waals surface area contributed by atoms with Crippen molar-refractivity contribution in [1.29, 1.82) is 0 Å². The van der Waals surface area contributed by atoms with Gasteiger partial charge in [-0.2, -0.15) is 0 Å². The smallest absolute Gasteiger partial charge is 0.455 e. The Morgan fingerprint density at radius 3 is 2.58 bits per heavy atom. The second-order valence-electron chi connectivity index (χ2n) is 12.7. The SMILES string of the molecule is CCCC1=C2[C@@H](CC/C(=C/c3cc(Br)ccc3O)c3ccccc3)OB(O)C[C@@H]2[C@@H]2C(=O)N(C3CCCCC3)C(=O)[C@@H]2C1. The lowest BCUT2D eigenvalue weighted by Gasteiger charge is -2.43. The minimum absolute atomic E-state index is 0.00946. The van der Waals surface area contributed by atoms with E-state index in [1.54, 1.807) is 11.0 Å². The van der Waals surface area contributed by atoms with E-state index in [1.165, 1.54) is 12.0 Å². The van der Waals surface area contributed by atoms with Gasteiger partial charge in [-0.1, -0.05) is 84.4 Å². The molecule has 8 heteroatoms. The molecule has 0 unspecified atom stereocenters. The van der Waals surface area contributed by atoms with Gasteiger partial charge in [0.25, 0.3) is 0 Å². The molecule has 0 aromatic heterocycles. The van der Waals surface area contributed by atoms with Crippen LogP contribution in [0.15, 0.2) is 64.1 Å². The Labute approximate surface area is 263 Å². The molecule has 1 saturated carbocycles. The van der Waals surface area contributed by atoms with Crippen LogP contribution in [0.5, 0.6) is 5.75 Å². The van der Waals surface area contributed by atoms with E-state index in [4.69, 9.17) is 4.65 Å². The number of fused-ring (bicyclic) bond motifs is 3. The summed E-state index contributed by atoms with van der Waals surface area (Å²) in [4.78, 5) is 29.4. The van der Waals surface area contributed by atoms with Crippen LogP contribution in [-0.2, 0) is 14.2 Å². The molecule has 0 bridgehead atoms. The van der Waals surface area contributed by atoms with Crippen LogP contribution in [0.3, 0.4) is 0 Å². The molecule has 4 atom stereocenters. The molecular weight excluding hydrogens is 605 g/mol. The first-order chi connectivity index (χ1) is 20.9. The van der Waals surface area contributed by atoms with Crippen LogP contribution in [0.4, 0.5) is 0 Å². The van der Waals surface area contributed by atoms with Crippen molar-refractivity contribution in [1.82, 2.24) is 4.90 Å². The van der Waals surface area contributed by atoms with Gasteiger partial charge in [0.1, 0.15) is 5.75 Å². The summed E-state index contributed by atoms with van der Waals surface area (Å²) in [5.74, 6) is -0.724. The summed E-state index contributed by atoms with van der Waals surface area (Å²) in [5.41, 5.74) is 5.22. The molecule has 2 aliphatic carbocycles. The third kappa shape index (κ3) is 6.16. The molecule has 6 nitrogen and oxygen atoms in total.